The van der Waals surface area contributed by atoms with E-state index in [0.717, 1.165) is 17.7 Å². The molecule has 0 fully saturated rings. The lowest BCUT2D eigenvalue weighted by atomic mass is 10.1. The first-order valence-electron chi connectivity index (χ1n) is 9.98. The number of amides is 3. The molecule has 0 heterocycles. The highest BCUT2D eigenvalue weighted by Gasteiger charge is 2.33. The molecule has 0 spiro atoms. The average molecular weight is 467 g/mol. The zero-order valence-electron chi connectivity index (χ0n) is 18.0. The lowest BCUT2D eigenvalue weighted by molar-refractivity contribution is -0.384. The molecule has 3 amide bonds. The van der Waals surface area contributed by atoms with Crippen molar-refractivity contribution >= 4 is 23.3 Å². The molecule has 0 aliphatic carbocycles. The van der Waals surface area contributed by atoms with Crippen molar-refractivity contribution in [2.24, 2.45) is 0 Å². The van der Waals surface area contributed by atoms with Gasteiger partial charge in [0.1, 0.15) is 5.69 Å². The van der Waals surface area contributed by atoms with Gasteiger partial charge in [-0.25, -0.2) is 4.79 Å². The van der Waals surface area contributed by atoms with Crippen molar-refractivity contribution in [3.05, 3.63) is 69.3 Å². The number of benzene rings is 2. The van der Waals surface area contributed by atoms with E-state index in [-0.39, 0.29) is 37.4 Å². The number of halogens is 3. The van der Waals surface area contributed by atoms with Crippen LogP contribution >= 0.6 is 0 Å². The molecule has 0 radical (unpaired) electrons. The maximum atomic E-state index is 12.8. The quantitative estimate of drug-likeness (QED) is 0.254. The van der Waals surface area contributed by atoms with Gasteiger partial charge in [0.25, 0.3) is 11.6 Å². The van der Waals surface area contributed by atoms with E-state index in [9.17, 15) is 32.9 Å². The monoisotopic (exact) mass is 467 g/mol. The van der Waals surface area contributed by atoms with Gasteiger partial charge >= 0.3 is 12.2 Å². The van der Waals surface area contributed by atoms with Gasteiger partial charge in [-0.2, -0.15) is 13.2 Å². The summed E-state index contributed by atoms with van der Waals surface area (Å²) in [5, 5.41) is 21.7. The SMILES string of the molecule is CC(C)NC(=O)NCc1ccc(C(=O)NCCNc2ccc(C(F)(F)F)cc2[N+](=O)[O-])cc1. The summed E-state index contributed by atoms with van der Waals surface area (Å²) in [4.78, 5) is 34.0. The average Bonchev–Trinajstić information content (AvgIpc) is 2.74. The highest BCUT2D eigenvalue weighted by molar-refractivity contribution is 5.94. The van der Waals surface area contributed by atoms with Crippen molar-refractivity contribution in [1.29, 1.82) is 0 Å². The Morgan fingerprint density at radius 1 is 1.03 bits per heavy atom. The second-order valence-corrected chi connectivity index (χ2v) is 7.35. The number of rotatable bonds is 9. The fraction of sp³-hybridized carbons (Fsp3) is 0.333. The van der Waals surface area contributed by atoms with Crippen LogP contribution in [0.1, 0.15) is 35.3 Å². The van der Waals surface area contributed by atoms with Gasteiger partial charge in [-0.05, 0) is 43.7 Å². The standard InChI is InChI=1S/C21H24F3N5O4/c1-13(2)28-20(31)27-12-14-3-5-15(6-4-14)19(30)26-10-9-25-17-8-7-16(21(22,23)24)11-18(17)29(32)33/h3-8,11,13,25H,9-10,12H2,1-2H3,(H,26,30)(H2,27,28,31). The predicted octanol–water partition coefficient (Wildman–Crippen LogP) is 3.66. The summed E-state index contributed by atoms with van der Waals surface area (Å²) >= 11 is 0. The van der Waals surface area contributed by atoms with Gasteiger partial charge in [0.05, 0.1) is 10.5 Å². The Kier molecular flexibility index (Phi) is 8.60. The molecule has 0 atom stereocenters. The van der Waals surface area contributed by atoms with Crippen molar-refractivity contribution in [2.75, 3.05) is 18.4 Å². The van der Waals surface area contributed by atoms with E-state index in [4.69, 9.17) is 0 Å². The van der Waals surface area contributed by atoms with Crippen molar-refractivity contribution < 1.29 is 27.7 Å². The fourth-order valence-corrected chi connectivity index (χ4v) is 2.75. The maximum Gasteiger partial charge on any atom is 0.416 e. The summed E-state index contributed by atoms with van der Waals surface area (Å²) in [6, 6.07) is 8.45. The van der Waals surface area contributed by atoms with Crippen LogP contribution in [-0.2, 0) is 12.7 Å². The van der Waals surface area contributed by atoms with Crippen LogP contribution in [0.15, 0.2) is 42.5 Å². The summed E-state index contributed by atoms with van der Waals surface area (Å²) in [6.45, 7) is 4.11. The summed E-state index contributed by atoms with van der Waals surface area (Å²) in [5.41, 5.74) is -0.747. The van der Waals surface area contributed by atoms with Crippen LogP contribution in [-0.4, -0.2) is 36.0 Å². The zero-order chi connectivity index (χ0) is 24.6. The highest BCUT2D eigenvalue weighted by atomic mass is 19.4. The number of carbonyl (C=O) groups excluding carboxylic acids is 2. The Balaban J connectivity index is 1.85. The molecular weight excluding hydrogens is 443 g/mol. The number of anilines is 1. The Morgan fingerprint density at radius 3 is 2.27 bits per heavy atom. The number of carbonyl (C=O) groups is 2. The number of nitrogens with one attached hydrogen (secondary N) is 4. The number of alkyl halides is 3. The maximum absolute atomic E-state index is 12.8. The van der Waals surface area contributed by atoms with Crippen LogP contribution in [0.25, 0.3) is 0 Å². The zero-order valence-corrected chi connectivity index (χ0v) is 18.0. The number of hydrogen-bond donors (Lipinski definition) is 4. The van der Waals surface area contributed by atoms with Crippen molar-refractivity contribution in [1.82, 2.24) is 16.0 Å². The Labute approximate surface area is 187 Å². The third-order valence-electron chi connectivity index (χ3n) is 4.34. The van der Waals surface area contributed by atoms with Crippen LogP contribution in [0.3, 0.4) is 0 Å². The minimum absolute atomic E-state index is 0.0101. The molecule has 4 N–H and O–H groups in total. The van der Waals surface area contributed by atoms with E-state index < -0.39 is 28.3 Å². The lowest BCUT2D eigenvalue weighted by Crippen LogP contribution is -2.39. The van der Waals surface area contributed by atoms with E-state index >= 15 is 0 Å². The first-order chi connectivity index (χ1) is 15.5. The predicted molar refractivity (Wildman–Crippen MR) is 116 cm³/mol. The molecule has 2 rings (SSSR count). The van der Waals surface area contributed by atoms with Crippen LogP contribution in [0.2, 0.25) is 0 Å². The number of urea groups is 1. The molecule has 9 nitrogen and oxygen atoms in total. The Bertz CT molecular complexity index is 994. The van der Waals surface area contributed by atoms with E-state index in [0.29, 0.717) is 11.6 Å². The minimum atomic E-state index is -4.69. The smallest absolute Gasteiger partial charge is 0.378 e. The van der Waals surface area contributed by atoms with E-state index in [1.807, 2.05) is 13.8 Å². The number of nitrogens with zero attached hydrogens (tertiary/aromatic N) is 1. The molecular formula is C21H24F3N5O4. The Hall–Kier alpha value is -3.83. The second-order valence-electron chi connectivity index (χ2n) is 7.35. The van der Waals surface area contributed by atoms with Gasteiger partial charge in [0.2, 0.25) is 0 Å². The van der Waals surface area contributed by atoms with Gasteiger partial charge in [-0.15, -0.1) is 0 Å². The molecule has 0 saturated heterocycles. The lowest BCUT2D eigenvalue weighted by Gasteiger charge is -2.11. The van der Waals surface area contributed by atoms with Gasteiger partial charge < -0.3 is 21.3 Å². The third kappa shape index (κ3) is 7.98. The number of hydrogen-bond acceptors (Lipinski definition) is 5. The largest absolute Gasteiger partial charge is 0.416 e. The molecule has 0 saturated carbocycles. The molecule has 0 bridgehead atoms. The molecule has 2 aromatic rings. The van der Waals surface area contributed by atoms with E-state index in [1.165, 1.54) is 0 Å². The summed E-state index contributed by atoms with van der Waals surface area (Å²) in [7, 11) is 0. The first-order valence-corrected chi connectivity index (χ1v) is 9.98. The normalized spacial score (nSPS) is 11.1. The highest BCUT2D eigenvalue weighted by Crippen LogP contribution is 2.34. The molecule has 0 unspecified atom stereocenters. The molecule has 0 aromatic heterocycles. The van der Waals surface area contributed by atoms with E-state index in [1.54, 1.807) is 24.3 Å². The molecule has 0 aliphatic heterocycles. The van der Waals surface area contributed by atoms with Crippen molar-refractivity contribution in [2.45, 2.75) is 32.6 Å². The first kappa shape index (κ1) is 25.4. The molecule has 178 valence electrons. The number of nitro groups is 1. The number of nitro benzene ring substituents is 1. The van der Waals surface area contributed by atoms with Crippen molar-refractivity contribution in [3.63, 3.8) is 0 Å². The molecule has 0 aliphatic rings. The minimum Gasteiger partial charge on any atom is -0.378 e. The van der Waals surface area contributed by atoms with Gasteiger partial charge in [-0.1, -0.05) is 12.1 Å². The van der Waals surface area contributed by atoms with Crippen LogP contribution in [0.5, 0.6) is 0 Å². The summed E-state index contributed by atoms with van der Waals surface area (Å²) in [6.07, 6.45) is -4.69. The molecule has 12 heteroatoms. The van der Waals surface area contributed by atoms with E-state index in [2.05, 4.69) is 21.3 Å². The van der Waals surface area contributed by atoms with Gasteiger partial charge in [-0.3, -0.25) is 14.9 Å². The van der Waals surface area contributed by atoms with Crippen LogP contribution in [0, 0.1) is 10.1 Å². The van der Waals surface area contributed by atoms with Crippen molar-refractivity contribution in [3.8, 4) is 0 Å². The van der Waals surface area contributed by atoms with Crippen LogP contribution in [0.4, 0.5) is 29.3 Å². The summed E-state index contributed by atoms with van der Waals surface area (Å²) in [5.74, 6) is -0.393. The van der Waals surface area contributed by atoms with Gasteiger partial charge in [0, 0.05) is 37.3 Å². The van der Waals surface area contributed by atoms with Gasteiger partial charge in [0.15, 0.2) is 0 Å². The third-order valence-corrected chi connectivity index (χ3v) is 4.34. The Morgan fingerprint density at radius 2 is 1.70 bits per heavy atom. The van der Waals surface area contributed by atoms with Crippen LogP contribution < -0.4 is 21.3 Å². The molecule has 2 aromatic carbocycles. The fourth-order valence-electron chi connectivity index (χ4n) is 2.75. The molecule has 33 heavy (non-hydrogen) atoms. The summed E-state index contributed by atoms with van der Waals surface area (Å²) < 4.78 is 38.3. The topological polar surface area (TPSA) is 125 Å². The second kappa shape index (κ2) is 11.2.